The number of rotatable bonds is 8. The van der Waals surface area contributed by atoms with E-state index < -0.39 is 0 Å². The van der Waals surface area contributed by atoms with Crippen LogP contribution in [0.5, 0.6) is 11.5 Å². The molecule has 0 saturated carbocycles. The lowest BCUT2D eigenvalue weighted by Crippen LogP contribution is -2.06. The van der Waals surface area contributed by atoms with Gasteiger partial charge < -0.3 is 19.0 Å². The average Bonchev–Trinajstić information content (AvgIpc) is 2.59. The van der Waals surface area contributed by atoms with Crippen molar-refractivity contribution in [3.8, 4) is 11.5 Å². The van der Waals surface area contributed by atoms with E-state index in [2.05, 4.69) is 0 Å². The lowest BCUT2D eigenvalue weighted by atomic mass is 10.1. The van der Waals surface area contributed by atoms with Gasteiger partial charge in [0.25, 0.3) is 0 Å². The van der Waals surface area contributed by atoms with Crippen LogP contribution in [0.2, 0.25) is 0 Å². The number of methoxy groups -OCH3 is 2. The number of ether oxygens (including phenoxy) is 3. The summed E-state index contributed by atoms with van der Waals surface area (Å²) in [5.74, 6) is 1.28. The van der Waals surface area contributed by atoms with Crippen molar-refractivity contribution in [1.82, 2.24) is 0 Å². The van der Waals surface area contributed by atoms with Crippen LogP contribution < -0.4 is 9.47 Å². The molecule has 0 heterocycles. The van der Waals surface area contributed by atoms with Crippen molar-refractivity contribution in [3.63, 3.8) is 0 Å². The molecule has 1 atom stereocenters. The zero-order valence-electron chi connectivity index (χ0n) is 12.8. The summed E-state index contributed by atoms with van der Waals surface area (Å²) in [5.41, 5.74) is 1.96. The molecule has 0 aliphatic rings. The number of hydrogen-bond acceptors (Lipinski definition) is 4. The highest BCUT2D eigenvalue weighted by molar-refractivity contribution is 5.52. The Hall–Kier alpha value is -2.33. The van der Waals surface area contributed by atoms with E-state index in [-0.39, 0.29) is 6.10 Å². The van der Waals surface area contributed by atoms with Gasteiger partial charge in [-0.1, -0.05) is 36.4 Å². The van der Waals surface area contributed by atoms with E-state index in [9.17, 15) is 4.79 Å². The normalized spacial score (nSPS) is 11.7. The largest absolute Gasteiger partial charge is 0.493 e. The number of hydrogen-bond donors (Lipinski definition) is 0. The SMILES string of the molecule is COc1ccc(C(CC=O)OCc2ccccc2)cc1OC. The first-order valence-corrected chi connectivity index (χ1v) is 7.09. The molecule has 0 fully saturated rings. The van der Waals surface area contributed by atoms with E-state index in [0.29, 0.717) is 24.5 Å². The first-order valence-electron chi connectivity index (χ1n) is 7.09. The van der Waals surface area contributed by atoms with Gasteiger partial charge in [0.1, 0.15) is 6.29 Å². The monoisotopic (exact) mass is 300 g/mol. The van der Waals surface area contributed by atoms with E-state index in [1.165, 1.54) is 0 Å². The van der Waals surface area contributed by atoms with Crippen molar-refractivity contribution in [3.05, 3.63) is 59.7 Å². The Morgan fingerprint density at radius 1 is 1.00 bits per heavy atom. The maximum absolute atomic E-state index is 10.9. The Morgan fingerprint density at radius 3 is 2.36 bits per heavy atom. The smallest absolute Gasteiger partial charge is 0.161 e. The molecule has 0 aliphatic heterocycles. The van der Waals surface area contributed by atoms with Crippen LogP contribution in [0.25, 0.3) is 0 Å². The van der Waals surface area contributed by atoms with E-state index in [4.69, 9.17) is 14.2 Å². The van der Waals surface area contributed by atoms with Crippen LogP contribution in [0.4, 0.5) is 0 Å². The van der Waals surface area contributed by atoms with E-state index >= 15 is 0 Å². The Labute approximate surface area is 130 Å². The van der Waals surface area contributed by atoms with Crippen molar-refractivity contribution in [1.29, 1.82) is 0 Å². The minimum Gasteiger partial charge on any atom is -0.493 e. The predicted molar refractivity (Wildman–Crippen MR) is 84.2 cm³/mol. The second kappa shape index (κ2) is 8.20. The Kier molecular flexibility index (Phi) is 5.98. The van der Waals surface area contributed by atoms with Crippen molar-refractivity contribution in [2.75, 3.05) is 14.2 Å². The van der Waals surface area contributed by atoms with Gasteiger partial charge in [-0.25, -0.2) is 0 Å². The summed E-state index contributed by atoms with van der Waals surface area (Å²) in [5, 5.41) is 0. The zero-order chi connectivity index (χ0) is 15.8. The Balaban J connectivity index is 2.14. The molecule has 0 bridgehead atoms. The van der Waals surface area contributed by atoms with Gasteiger partial charge in [-0.15, -0.1) is 0 Å². The highest BCUT2D eigenvalue weighted by atomic mass is 16.5. The van der Waals surface area contributed by atoms with Crippen LogP contribution >= 0.6 is 0 Å². The molecule has 2 aromatic rings. The molecule has 0 spiro atoms. The zero-order valence-corrected chi connectivity index (χ0v) is 12.8. The van der Waals surface area contributed by atoms with Crippen LogP contribution in [0.1, 0.15) is 23.7 Å². The van der Waals surface area contributed by atoms with Gasteiger partial charge in [0, 0.05) is 6.42 Å². The van der Waals surface area contributed by atoms with Crippen LogP contribution in [0, 0.1) is 0 Å². The summed E-state index contributed by atoms with van der Waals surface area (Å²) in [7, 11) is 3.17. The quantitative estimate of drug-likeness (QED) is 0.699. The Bertz CT molecular complexity index is 595. The molecular formula is C18H20O4. The van der Waals surface area contributed by atoms with Crippen molar-refractivity contribution in [2.24, 2.45) is 0 Å². The molecule has 4 nitrogen and oxygen atoms in total. The average molecular weight is 300 g/mol. The van der Waals surface area contributed by atoms with E-state index in [1.807, 2.05) is 48.5 Å². The molecule has 116 valence electrons. The molecule has 22 heavy (non-hydrogen) atoms. The topological polar surface area (TPSA) is 44.8 Å². The summed E-state index contributed by atoms with van der Waals surface area (Å²) in [6.45, 7) is 0.452. The maximum atomic E-state index is 10.9. The maximum Gasteiger partial charge on any atom is 0.161 e. The van der Waals surface area contributed by atoms with Gasteiger partial charge >= 0.3 is 0 Å². The van der Waals surface area contributed by atoms with Crippen molar-refractivity contribution >= 4 is 6.29 Å². The molecule has 0 aromatic heterocycles. The highest BCUT2D eigenvalue weighted by Crippen LogP contribution is 2.32. The van der Waals surface area contributed by atoms with Gasteiger partial charge in [0.15, 0.2) is 11.5 Å². The third-order valence-electron chi connectivity index (χ3n) is 3.38. The summed E-state index contributed by atoms with van der Waals surface area (Å²) < 4.78 is 16.4. The second-order valence-electron chi connectivity index (χ2n) is 4.80. The molecule has 1 unspecified atom stereocenters. The molecule has 2 rings (SSSR count). The fraction of sp³-hybridized carbons (Fsp3) is 0.278. The minimum atomic E-state index is -0.308. The van der Waals surface area contributed by atoms with Crippen LogP contribution in [0.15, 0.2) is 48.5 Å². The third-order valence-corrected chi connectivity index (χ3v) is 3.38. The summed E-state index contributed by atoms with van der Waals surface area (Å²) in [6, 6.07) is 15.4. The fourth-order valence-electron chi connectivity index (χ4n) is 2.21. The second-order valence-corrected chi connectivity index (χ2v) is 4.80. The van der Waals surface area contributed by atoms with Crippen LogP contribution in [-0.2, 0) is 16.1 Å². The van der Waals surface area contributed by atoms with Crippen molar-refractivity contribution < 1.29 is 19.0 Å². The first kappa shape index (κ1) is 16.0. The number of aldehydes is 1. The fourth-order valence-corrected chi connectivity index (χ4v) is 2.21. The lowest BCUT2D eigenvalue weighted by molar-refractivity contribution is -0.110. The molecule has 0 amide bonds. The highest BCUT2D eigenvalue weighted by Gasteiger charge is 2.15. The number of benzene rings is 2. The van der Waals surface area contributed by atoms with Gasteiger partial charge in [0.05, 0.1) is 26.9 Å². The molecule has 0 saturated heterocycles. The minimum absolute atomic E-state index is 0.294. The van der Waals surface area contributed by atoms with Gasteiger partial charge in [-0.2, -0.15) is 0 Å². The van der Waals surface area contributed by atoms with Crippen LogP contribution in [-0.4, -0.2) is 20.5 Å². The van der Waals surface area contributed by atoms with Gasteiger partial charge in [-0.05, 0) is 23.3 Å². The Morgan fingerprint density at radius 2 is 1.73 bits per heavy atom. The summed E-state index contributed by atoms with van der Waals surface area (Å²) in [4.78, 5) is 10.9. The number of carbonyl (C=O) groups is 1. The molecule has 4 heteroatoms. The lowest BCUT2D eigenvalue weighted by Gasteiger charge is -2.18. The molecular weight excluding hydrogens is 280 g/mol. The standard InChI is InChI=1S/C18H20O4/c1-20-17-9-8-15(12-18(17)21-2)16(10-11-19)22-13-14-6-4-3-5-7-14/h3-9,11-12,16H,10,13H2,1-2H3. The summed E-state index contributed by atoms with van der Waals surface area (Å²) in [6.07, 6.45) is 0.854. The predicted octanol–water partition coefficient (Wildman–Crippen LogP) is 3.55. The van der Waals surface area contributed by atoms with E-state index in [0.717, 1.165) is 17.4 Å². The van der Waals surface area contributed by atoms with Crippen molar-refractivity contribution in [2.45, 2.75) is 19.1 Å². The molecule has 0 radical (unpaired) electrons. The summed E-state index contributed by atoms with van der Waals surface area (Å²) >= 11 is 0. The van der Waals surface area contributed by atoms with Gasteiger partial charge in [-0.3, -0.25) is 0 Å². The molecule has 0 N–H and O–H groups in total. The molecule has 0 aliphatic carbocycles. The number of carbonyl (C=O) groups excluding carboxylic acids is 1. The van der Waals surface area contributed by atoms with Crippen LogP contribution in [0.3, 0.4) is 0 Å². The van der Waals surface area contributed by atoms with Gasteiger partial charge in [0.2, 0.25) is 0 Å². The molecule has 2 aromatic carbocycles. The first-order chi connectivity index (χ1) is 10.8. The third kappa shape index (κ3) is 4.09. The van der Waals surface area contributed by atoms with E-state index in [1.54, 1.807) is 14.2 Å².